The van der Waals surface area contributed by atoms with Gasteiger partial charge in [-0.3, -0.25) is 4.79 Å². The van der Waals surface area contributed by atoms with Gasteiger partial charge in [0.1, 0.15) is 23.4 Å². The van der Waals surface area contributed by atoms with E-state index in [1.807, 2.05) is 4.57 Å². The number of hydrogen-bond donors (Lipinski definition) is 0. The zero-order chi connectivity index (χ0) is 22.3. The molecule has 1 aromatic heterocycles. The number of rotatable bonds is 3. The van der Waals surface area contributed by atoms with E-state index in [4.69, 9.17) is 4.74 Å². The van der Waals surface area contributed by atoms with E-state index in [2.05, 4.69) is 0 Å². The molecule has 0 saturated carbocycles. The van der Waals surface area contributed by atoms with Crippen LogP contribution in [0.2, 0.25) is 0 Å². The van der Waals surface area contributed by atoms with E-state index in [9.17, 15) is 26.7 Å². The van der Waals surface area contributed by atoms with E-state index < -0.39 is 41.1 Å². The summed E-state index contributed by atoms with van der Waals surface area (Å²) in [6.07, 6.45) is -2.96. The van der Waals surface area contributed by atoms with Crippen LogP contribution in [0.5, 0.6) is 5.75 Å². The summed E-state index contributed by atoms with van der Waals surface area (Å²) < 4.78 is 74.9. The van der Waals surface area contributed by atoms with Crippen LogP contribution in [0.1, 0.15) is 33.2 Å². The Kier molecular flexibility index (Phi) is 5.20. The van der Waals surface area contributed by atoms with Crippen LogP contribution in [0, 0.1) is 11.6 Å². The lowest BCUT2D eigenvalue weighted by Crippen LogP contribution is -2.42. The van der Waals surface area contributed by atoms with Gasteiger partial charge in [-0.05, 0) is 36.4 Å². The molecule has 2 heterocycles. The van der Waals surface area contributed by atoms with Crippen LogP contribution in [0.25, 0.3) is 0 Å². The Bertz CT molecular complexity index is 1140. The van der Waals surface area contributed by atoms with Gasteiger partial charge < -0.3 is 14.2 Å². The Hall–Kier alpha value is -3.36. The number of benzene rings is 2. The van der Waals surface area contributed by atoms with E-state index in [0.717, 1.165) is 31.4 Å². The Morgan fingerprint density at radius 3 is 2.52 bits per heavy atom. The predicted octanol–water partition coefficient (Wildman–Crippen LogP) is 5.04. The van der Waals surface area contributed by atoms with Crippen molar-refractivity contribution in [2.45, 2.75) is 18.8 Å². The molecule has 4 nitrogen and oxygen atoms in total. The molecule has 0 fully saturated rings. The largest absolute Gasteiger partial charge is 0.496 e. The first-order valence-electron chi connectivity index (χ1n) is 9.37. The third kappa shape index (κ3) is 3.75. The molecule has 1 aliphatic rings. The molecule has 0 saturated heterocycles. The molecule has 1 aliphatic heterocycles. The average Bonchev–Trinajstić information content (AvgIpc) is 3.21. The molecular formula is C22H17F5N2O2. The van der Waals surface area contributed by atoms with Gasteiger partial charge in [-0.1, -0.05) is 6.07 Å². The lowest BCUT2D eigenvalue weighted by atomic mass is 9.97. The van der Waals surface area contributed by atoms with Gasteiger partial charge in [-0.15, -0.1) is 0 Å². The maximum atomic E-state index is 14.6. The zero-order valence-corrected chi connectivity index (χ0v) is 16.3. The van der Waals surface area contributed by atoms with Crippen LogP contribution in [0.3, 0.4) is 0 Å². The standard InChI is InChI=1S/C22H17F5N2O2/c1-31-19-7-4-13(11-16(19)22(25,26)27)21(30)29-10-9-28-8-2-3-18(28)20(29)15-6-5-14(23)12-17(15)24/h2-8,11-12,20H,9-10H2,1H3. The summed E-state index contributed by atoms with van der Waals surface area (Å²) in [7, 11) is 1.11. The van der Waals surface area contributed by atoms with Gasteiger partial charge in [0.2, 0.25) is 0 Å². The normalized spacial score (nSPS) is 16.2. The van der Waals surface area contributed by atoms with Gasteiger partial charge in [0.15, 0.2) is 0 Å². The molecule has 3 aromatic rings. The smallest absolute Gasteiger partial charge is 0.419 e. The van der Waals surface area contributed by atoms with Gasteiger partial charge in [0, 0.05) is 42.2 Å². The van der Waals surface area contributed by atoms with E-state index in [-0.39, 0.29) is 17.7 Å². The van der Waals surface area contributed by atoms with E-state index in [1.165, 1.54) is 17.0 Å². The fourth-order valence-corrected chi connectivity index (χ4v) is 3.88. The molecule has 9 heteroatoms. The first-order valence-corrected chi connectivity index (χ1v) is 9.37. The average molecular weight is 436 g/mol. The van der Waals surface area contributed by atoms with E-state index >= 15 is 0 Å². The van der Waals surface area contributed by atoms with Crippen LogP contribution in [-0.4, -0.2) is 29.0 Å². The maximum Gasteiger partial charge on any atom is 0.419 e. The van der Waals surface area contributed by atoms with Crippen molar-refractivity contribution in [3.8, 4) is 5.75 Å². The highest BCUT2D eigenvalue weighted by molar-refractivity contribution is 5.95. The lowest BCUT2D eigenvalue weighted by molar-refractivity contribution is -0.138. The maximum absolute atomic E-state index is 14.6. The highest BCUT2D eigenvalue weighted by atomic mass is 19.4. The third-order valence-corrected chi connectivity index (χ3v) is 5.31. The number of nitrogens with zero attached hydrogens (tertiary/aromatic N) is 2. The molecule has 1 atom stereocenters. The fourth-order valence-electron chi connectivity index (χ4n) is 3.88. The minimum Gasteiger partial charge on any atom is -0.496 e. The first-order chi connectivity index (χ1) is 14.7. The second-order valence-corrected chi connectivity index (χ2v) is 7.11. The molecule has 0 radical (unpaired) electrons. The molecule has 0 aliphatic carbocycles. The van der Waals surface area contributed by atoms with Crippen molar-refractivity contribution in [1.29, 1.82) is 0 Å². The summed E-state index contributed by atoms with van der Waals surface area (Å²) >= 11 is 0. The monoisotopic (exact) mass is 436 g/mol. The molecule has 0 spiro atoms. The van der Waals surface area contributed by atoms with Crippen molar-refractivity contribution in [3.05, 3.63) is 88.7 Å². The number of hydrogen-bond acceptors (Lipinski definition) is 2. The van der Waals surface area contributed by atoms with Gasteiger partial charge in [0.05, 0.1) is 12.7 Å². The van der Waals surface area contributed by atoms with Crippen molar-refractivity contribution in [3.63, 3.8) is 0 Å². The van der Waals surface area contributed by atoms with Gasteiger partial charge in [-0.2, -0.15) is 13.2 Å². The molecule has 2 aromatic carbocycles. The number of amides is 1. The summed E-state index contributed by atoms with van der Waals surface area (Å²) in [5.74, 6) is -2.72. The van der Waals surface area contributed by atoms with Gasteiger partial charge in [0.25, 0.3) is 5.91 Å². The number of carbonyl (C=O) groups is 1. The number of halogens is 5. The Labute approximate surface area is 174 Å². The van der Waals surface area contributed by atoms with Crippen LogP contribution in [0.15, 0.2) is 54.7 Å². The molecular weight excluding hydrogens is 419 g/mol. The zero-order valence-electron chi connectivity index (χ0n) is 16.3. The highest BCUT2D eigenvalue weighted by Crippen LogP contribution is 2.39. The quantitative estimate of drug-likeness (QED) is 0.540. The summed E-state index contributed by atoms with van der Waals surface area (Å²) in [4.78, 5) is 14.6. The van der Waals surface area contributed by atoms with Crippen molar-refractivity contribution in [1.82, 2.24) is 9.47 Å². The molecule has 4 rings (SSSR count). The highest BCUT2D eigenvalue weighted by Gasteiger charge is 2.38. The summed E-state index contributed by atoms with van der Waals surface area (Å²) in [6, 6.07) is 8.59. The summed E-state index contributed by atoms with van der Waals surface area (Å²) in [6.45, 7) is 0.519. The topological polar surface area (TPSA) is 34.5 Å². The molecule has 1 amide bonds. The Morgan fingerprint density at radius 1 is 1.06 bits per heavy atom. The predicted molar refractivity (Wildman–Crippen MR) is 102 cm³/mol. The number of alkyl halides is 3. The number of fused-ring (bicyclic) bond motifs is 1. The number of aromatic nitrogens is 1. The molecule has 162 valence electrons. The molecule has 0 N–H and O–H groups in total. The van der Waals surface area contributed by atoms with Gasteiger partial charge in [-0.25, -0.2) is 8.78 Å². The van der Waals surface area contributed by atoms with Crippen LogP contribution in [0.4, 0.5) is 22.0 Å². The van der Waals surface area contributed by atoms with Crippen LogP contribution < -0.4 is 4.74 Å². The number of ether oxygens (including phenoxy) is 1. The molecule has 31 heavy (non-hydrogen) atoms. The third-order valence-electron chi connectivity index (χ3n) is 5.31. The second-order valence-electron chi connectivity index (χ2n) is 7.11. The van der Waals surface area contributed by atoms with Crippen molar-refractivity contribution < 1.29 is 31.5 Å². The van der Waals surface area contributed by atoms with Crippen molar-refractivity contribution in [2.75, 3.05) is 13.7 Å². The molecule has 1 unspecified atom stereocenters. The van der Waals surface area contributed by atoms with Gasteiger partial charge >= 0.3 is 6.18 Å². The first kappa shape index (κ1) is 20.9. The summed E-state index contributed by atoms with van der Waals surface area (Å²) in [5, 5.41) is 0. The van der Waals surface area contributed by atoms with E-state index in [0.29, 0.717) is 12.2 Å². The second kappa shape index (κ2) is 7.72. The Morgan fingerprint density at radius 2 is 1.84 bits per heavy atom. The van der Waals surface area contributed by atoms with Crippen molar-refractivity contribution >= 4 is 5.91 Å². The minimum absolute atomic E-state index is 0.0546. The van der Waals surface area contributed by atoms with Crippen molar-refractivity contribution in [2.24, 2.45) is 0 Å². The SMILES string of the molecule is COc1ccc(C(=O)N2CCn3cccc3C2c2ccc(F)cc2F)cc1C(F)(F)F. The van der Waals surface area contributed by atoms with Crippen LogP contribution >= 0.6 is 0 Å². The number of methoxy groups -OCH3 is 1. The lowest BCUT2D eigenvalue weighted by Gasteiger charge is -2.37. The fraction of sp³-hybridized carbons (Fsp3) is 0.227. The Balaban J connectivity index is 1.80. The minimum atomic E-state index is -4.72. The summed E-state index contributed by atoms with van der Waals surface area (Å²) in [5.41, 5.74) is -0.653. The number of carbonyl (C=O) groups excluding carboxylic acids is 1. The van der Waals surface area contributed by atoms with Crippen LogP contribution in [-0.2, 0) is 12.7 Å². The molecule has 0 bridgehead atoms. The van der Waals surface area contributed by atoms with E-state index in [1.54, 1.807) is 18.3 Å².